The number of amides is 1. The fraction of sp³-hybridized carbons (Fsp3) is 0.286. The third-order valence-corrected chi connectivity index (χ3v) is 3.53. The first kappa shape index (κ1) is 12.8. The highest BCUT2D eigenvalue weighted by Gasteiger charge is 2.16. The lowest BCUT2D eigenvalue weighted by molar-refractivity contribution is 0.0747. The molecular formula is C14H16N2OS. The van der Waals surface area contributed by atoms with Crippen molar-refractivity contribution in [3.8, 4) is 0 Å². The standard InChI is InChI=1S/C14H16N2OS/c1-3-16(14(17)13-9-18-10-15-13)8-12-7-5-4-6-11(12)2/h4-7,9-10H,3,8H2,1-2H3. The minimum atomic E-state index is 0.00185. The van der Waals surface area contributed by atoms with Crippen molar-refractivity contribution in [1.82, 2.24) is 9.88 Å². The first-order valence-corrected chi connectivity index (χ1v) is 6.88. The molecule has 0 radical (unpaired) electrons. The Hall–Kier alpha value is -1.68. The SMILES string of the molecule is CCN(Cc1ccccc1C)C(=O)c1cscn1. The van der Waals surface area contributed by atoms with Crippen LogP contribution in [0.25, 0.3) is 0 Å². The molecule has 1 heterocycles. The molecule has 3 nitrogen and oxygen atoms in total. The van der Waals surface area contributed by atoms with Crippen LogP contribution in [0.5, 0.6) is 0 Å². The molecule has 1 aromatic heterocycles. The smallest absolute Gasteiger partial charge is 0.273 e. The van der Waals surface area contributed by atoms with Gasteiger partial charge in [-0.3, -0.25) is 4.79 Å². The first-order chi connectivity index (χ1) is 8.72. The highest BCUT2D eigenvalue weighted by Crippen LogP contribution is 2.13. The van der Waals surface area contributed by atoms with E-state index in [0.29, 0.717) is 18.8 Å². The predicted octanol–water partition coefficient (Wildman–Crippen LogP) is 3.11. The van der Waals surface area contributed by atoms with Crippen LogP contribution in [-0.4, -0.2) is 22.3 Å². The van der Waals surface area contributed by atoms with Crippen LogP contribution in [0.3, 0.4) is 0 Å². The Labute approximate surface area is 111 Å². The molecule has 0 aliphatic heterocycles. The van der Waals surface area contributed by atoms with Gasteiger partial charge >= 0.3 is 0 Å². The third kappa shape index (κ3) is 2.76. The van der Waals surface area contributed by atoms with Gasteiger partial charge in [-0.05, 0) is 25.0 Å². The van der Waals surface area contributed by atoms with E-state index in [4.69, 9.17) is 0 Å². The Kier molecular flexibility index (Phi) is 4.10. The van der Waals surface area contributed by atoms with Crippen LogP contribution in [-0.2, 0) is 6.54 Å². The average Bonchev–Trinajstić information content (AvgIpc) is 2.91. The fourth-order valence-electron chi connectivity index (χ4n) is 1.80. The van der Waals surface area contributed by atoms with Gasteiger partial charge in [0.1, 0.15) is 5.69 Å². The molecule has 18 heavy (non-hydrogen) atoms. The first-order valence-electron chi connectivity index (χ1n) is 5.94. The monoisotopic (exact) mass is 260 g/mol. The summed E-state index contributed by atoms with van der Waals surface area (Å²) in [5.41, 5.74) is 4.62. The van der Waals surface area contributed by atoms with Crippen molar-refractivity contribution in [1.29, 1.82) is 0 Å². The van der Waals surface area contributed by atoms with E-state index in [9.17, 15) is 4.79 Å². The molecule has 94 valence electrons. The largest absolute Gasteiger partial charge is 0.333 e. The van der Waals surface area contributed by atoms with Crippen molar-refractivity contribution in [2.45, 2.75) is 20.4 Å². The second-order valence-electron chi connectivity index (χ2n) is 4.12. The summed E-state index contributed by atoms with van der Waals surface area (Å²) in [7, 11) is 0. The number of carbonyl (C=O) groups is 1. The number of aromatic nitrogens is 1. The van der Waals surface area contributed by atoms with E-state index in [-0.39, 0.29) is 5.91 Å². The Balaban J connectivity index is 2.15. The van der Waals surface area contributed by atoms with Crippen LogP contribution in [0, 0.1) is 6.92 Å². The number of benzene rings is 1. The molecule has 2 rings (SSSR count). The summed E-state index contributed by atoms with van der Waals surface area (Å²) in [4.78, 5) is 18.1. The van der Waals surface area contributed by atoms with E-state index in [0.717, 1.165) is 0 Å². The summed E-state index contributed by atoms with van der Waals surface area (Å²) < 4.78 is 0. The summed E-state index contributed by atoms with van der Waals surface area (Å²) in [6, 6.07) is 8.14. The summed E-state index contributed by atoms with van der Waals surface area (Å²) in [6.07, 6.45) is 0. The Bertz CT molecular complexity index is 522. The lowest BCUT2D eigenvalue weighted by Gasteiger charge is -2.21. The molecule has 0 aliphatic rings. The minimum Gasteiger partial charge on any atom is -0.333 e. The number of rotatable bonds is 4. The minimum absolute atomic E-state index is 0.00185. The number of hydrogen-bond donors (Lipinski definition) is 0. The molecule has 0 saturated heterocycles. The van der Waals surface area contributed by atoms with Crippen LogP contribution < -0.4 is 0 Å². The summed E-state index contributed by atoms with van der Waals surface area (Å²) in [5.74, 6) is 0.00185. The van der Waals surface area contributed by atoms with Crippen molar-refractivity contribution in [2.24, 2.45) is 0 Å². The molecule has 1 amide bonds. The number of aryl methyl sites for hydroxylation is 1. The zero-order valence-corrected chi connectivity index (χ0v) is 11.4. The maximum Gasteiger partial charge on any atom is 0.273 e. The number of nitrogens with zero attached hydrogens (tertiary/aromatic N) is 2. The molecule has 2 aromatic rings. The summed E-state index contributed by atoms with van der Waals surface area (Å²) >= 11 is 1.45. The maximum atomic E-state index is 12.2. The topological polar surface area (TPSA) is 33.2 Å². The van der Waals surface area contributed by atoms with Crippen molar-refractivity contribution < 1.29 is 4.79 Å². The average molecular weight is 260 g/mol. The zero-order chi connectivity index (χ0) is 13.0. The van der Waals surface area contributed by atoms with Gasteiger partial charge in [-0.2, -0.15) is 0 Å². The predicted molar refractivity (Wildman–Crippen MR) is 73.7 cm³/mol. The van der Waals surface area contributed by atoms with Crippen molar-refractivity contribution >= 4 is 17.2 Å². The van der Waals surface area contributed by atoms with Crippen LogP contribution in [0.2, 0.25) is 0 Å². The van der Waals surface area contributed by atoms with Gasteiger partial charge in [-0.1, -0.05) is 24.3 Å². The van der Waals surface area contributed by atoms with Gasteiger partial charge in [-0.25, -0.2) is 4.98 Å². The van der Waals surface area contributed by atoms with Gasteiger partial charge in [0.05, 0.1) is 5.51 Å². The molecule has 0 N–H and O–H groups in total. The van der Waals surface area contributed by atoms with Gasteiger partial charge in [0.15, 0.2) is 0 Å². The van der Waals surface area contributed by atoms with E-state index in [1.165, 1.54) is 22.5 Å². The molecule has 0 saturated carbocycles. The molecule has 0 fully saturated rings. The van der Waals surface area contributed by atoms with Gasteiger partial charge in [0.25, 0.3) is 5.91 Å². The second-order valence-corrected chi connectivity index (χ2v) is 4.84. The summed E-state index contributed by atoms with van der Waals surface area (Å²) in [6.45, 7) is 5.38. The maximum absolute atomic E-state index is 12.2. The molecule has 0 bridgehead atoms. The van der Waals surface area contributed by atoms with Gasteiger partial charge < -0.3 is 4.90 Å². The summed E-state index contributed by atoms with van der Waals surface area (Å²) in [5, 5.41) is 1.79. The third-order valence-electron chi connectivity index (χ3n) is 2.94. The van der Waals surface area contributed by atoms with Crippen molar-refractivity contribution in [2.75, 3.05) is 6.54 Å². The van der Waals surface area contributed by atoms with Crippen LogP contribution in [0.4, 0.5) is 0 Å². The lowest BCUT2D eigenvalue weighted by atomic mass is 10.1. The normalized spacial score (nSPS) is 10.3. The van der Waals surface area contributed by atoms with Gasteiger partial charge in [0, 0.05) is 18.5 Å². The molecule has 0 unspecified atom stereocenters. The van der Waals surface area contributed by atoms with Gasteiger partial charge in [-0.15, -0.1) is 11.3 Å². The number of thiazole rings is 1. The Morgan fingerprint density at radius 2 is 2.17 bits per heavy atom. The molecule has 4 heteroatoms. The van der Waals surface area contributed by atoms with Crippen molar-refractivity contribution in [3.63, 3.8) is 0 Å². The number of carbonyl (C=O) groups excluding carboxylic acids is 1. The van der Waals surface area contributed by atoms with E-state index in [1.54, 1.807) is 10.9 Å². The van der Waals surface area contributed by atoms with E-state index >= 15 is 0 Å². The molecular weight excluding hydrogens is 244 g/mol. The quantitative estimate of drug-likeness (QED) is 0.846. The van der Waals surface area contributed by atoms with Gasteiger partial charge in [0.2, 0.25) is 0 Å². The second kappa shape index (κ2) is 5.78. The highest BCUT2D eigenvalue weighted by atomic mass is 32.1. The van der Waals surface area contributed by atoms with Crippen LogP contribution in [0.15, 0.2) is 35.2 Å². The molecule has 0 aliphatic carbocycles. The highest BCUT2D eigenvalue weighted by molar-refractivity contribution is 7.07. The Morgan fingerprint density at radius 1 is 1.39 bits per heavy atom. The van der Waals surface area contributed by atoms with E-state index in [1.807, 2.05) is 24.0 Å². The Morgan fingerprint density at radius 3 is 2.78 bits per heavy atom. The van der Waals surface area contributed by atoms with E-state index < -0.39 is 0 Å². The van der Waals surface area contributed by atoms with E-state index in [2.05, 4.69) is 24.0 Å². The number of hydrogen-bond acceptors (Lipinski definition) is 3. The van der Waals surface area contributed by atoms with Crippen LogP contribution >= 0.6 is 11.3 Å². The molecule has 0 atom stereocenters. The van der Waals surface area contributed by atoms with Crippen LogP contribution in [0.1, 0.15) is 28.5 Å². The van der Waals surface area contributed by atoms with Crippen molar-refractivity contribution in [3.05, 3.63) is 52.0 Å². The fourth-order valence-corrected chi connectivity index (χ4v) is 2.33. The zero-order valence-electron chi connectivity index (χ0n) is 10.6. The molecule has 0 spiro atoms. The lowest BCUT2D eigenvalue weighted by Crippen LogP contribution is -2.30. The molecule has 1 aromatic carbocycles.